The van der Waals surface area contributed by atoms with E-state index in [0.29, 0.717) is 16.4 Å². The van der Waals surface area contributed by atoms with E-state index >= 15 is 0 Å². The summed E-state index contributed by atoms with van der Waals surface area (Å²) in [5, 5.41) is 14.7. The Morgan fingerprint density at radius 2 is 1.83 bits per heavy atom. The number of methoxy groups -OCH3 is 1. The second-order valence-electron chi connectivity index (χ2n) is 8.69. The number of para-hydroxylation sites is 2. The number of carbonyl (C=O) groups is 1. The zero-order valence-corrected chi connectivity index (χ0v) is 21.0. The van der Waals surface area contributed by atoms with Gasteiger partial charge in [0.2, 0.25) is 0 Å². The van der Waals surface area contributed by atoms with Gasteiger partial charge in [0.25, 0.3) is 0 Å². The van der Waals surface area contributed by atoms with Crippen LogP contribution in [0.25, 0.3) is 5.69 Å². The summed E-state index contributed by atoms with van der Waals surface area (Å²) in [6.07, 6.45) is 1.77. The minimum absolute atomic E-state index is 0.146. The number of carbonyl (C=O) groups excluding carboxylic acids is 1. The number of thiocarbonyl (C=S) groups is 1. The van der Waals surface area contributed by atoms with Crippen LogP contribution in [0, 0.1) is 13.8 Å². The number of benzene rings is 2. The summed E-state index contributed by atoms with van der Waals surface area (Å²) in [5.41, 5.74) is 5.83. The van der Waals surface area contributed by atoms with Gasteiger partial charge in [-0.15, -0.1) is 0 Å². The first kappa shape index (κ1) is 23.6. The molecule has 2 aromatic heterocycles. The molecule has 1 fully saturated rings. The fraction of sp³-hybridized carbons (Fsp3) is 0.179. The molecule has 3 heterocycles. The van der Waals surface area contributed by atoms with Gasteiger partial charge in [-0.1, -0.05) is 24.3 Å². The second-order valence-corrected chi connectivity index (χ2v) is 9.08. The third-order valence-corrected chi connectivity index (χ3v) is 6.87. The monoisotopic (exact) mass is 498 g/mol. The SMILES string of the molecule is COC(=O)c1cccc(-n2c(C)cc([C@@H]3[C@@H](c4ccccn4)NC(=S)N3c3ccccc3O)c2C)c1. The first-order valence-electron chi connectivity index (χ1n) is 11.6. The molecule has 2 atom stereocenters. The van der Waals surface area contributed by atoms with E-state index in [-0.39, 0.29) is 23.8 Å². The van der Waals surface area contributed by atoms with Crippen molar-refractivity contribution < 1.29 is 14.6 Å². The van der Waals surface area contributed by atoms with Crippen molar-refractivity contribution >= 4 is 29.0 Å². The van der Waals surface area contributed by atoms with Crippen molar-refractivity contribution in [2.24, 2.45) is 0 Å². The zero-order valence-electron chi connectivity index (χ0n) is 20.2. The predicted octanol–water partition coefficient (Wildman–Crippen LogP) is 5.16. The molecule has 0 amide bonds. The van der Waals surface area contributed by atoms with Crippen LogP contribution in [-0.2, 0) is 4.74 Å². The zero-order chi connectivity index (χ0) is 25.4. The van der Waals surface area contributed by atoms with Gasteiger partial charge in [0.15, 0.2) is 5.11 Å². The Balaban J connectivity index is 1.68. The van der Waals surface area contributed by atoms with E-state index in [2.05, 4.69) is 20.9 Å². The van der Waals surface area contributed by atoms with Gasteiger partial charge in [0.05, 0.1) is 36.1 Å². The van der Waals surface area contributed by atoms with Crippen LogP contribution >= 0.6 is 12.2 Å². The number of phenolic OH excluding ortho intramolecular Hbond substituents is 1. The first-order chi connectivity index (χ1) is 17.4. The van der Waals surface area contributed by atoms with Crippen LogP contribution in [0.2, 0.25) is 0 Å². The minimum Gasteiger partial charge on any atom is -0.506 e. The molecule has 2 N–H and O–H groups in total. The number of rotatable bonds is 5. The largest absolute Gasteiger partial charge is 0.506 e. The molecule has 182 valence electrons. The number of nitrogens with zero attached hydrogens (tertiary/aromatic N) is 3. The van der Waals surface area contributed by atoms with Gasteiger partial charge in [-0.3, -0.25) is 4.98 Å². The Morgan fingerprint density at radius 3 is 2.56 bits per heavy atom. The van der Waals surface area contributed by atoms with Gasteiger partial charge in [0, 0.05) is 23.3 Å². The van der Waals surface area contributed by atoms with Crippen LogP contribution in [-0.4, -0.2) is 32.8 Å². The average Bonchev–Trinajstić information content (AvgIpc) is 3.39. The summed E-state index contributed by atoms with van der Waals surface area (Å²) in [6, 6.07) is 22.0. The molecule has 8 heteroatoms. The quantitative estimate of drug-likeness (QED) is 0.291. The molecule has 1 aliphatic rings. The Kier molecular flexibility index (Phi) is 6.20. The van der Waals surface area contributed by atoms with E-state index < -0.39 is 0 Å². The van der Waals surface area contributed by atoms with E-state index in [1.807, 2.05) is 67.3 Å². The molecular formula is C28H26N4O3S. The van der Waals surface area contributed by atoms with Gasteiger partial charge in [-0.2, -0.15) is 0 Å². The van der Waals surface area contributed by atoms with Crippen LogP contribution in [0.15, 0.2) is 79.0 Å². The third kappa shape index (κ3) is 3.99. The molecular weight excluding hydrogens is 472 g/mol. The molecule has 0 spiro atoms. The molecule has 0 radical (unpaired) electrons. The molecule has 1 saturated heterocycles. The normalized spacial score (nSPS) is 17.2. The molecule has 0 saturated carbocycles. The standard InChI is InChI=1S/C28H26N4O3S/c1-17-15-21(18(2)31(17)20-10-8-9-19(16-20)27(34)35-3)26-25(22-11-6-7-14-29-22)30-28(36)32(26)23-12-4-5-13-24(23)33/h4-16,25-26,33H,1-3H3,(H,30,36)/t25-,26-/m1/s1. The van der Waals surface area contributed by atoms with Gasteiger partial charge in [-0.05, 0) is 80.2 Å². The first-order valence-corrected chi connectivity index (χ1v) is 12.0. The highest BCUT2D eigenvalue weighted by atomic mass is 32.1. The summed E-state index contributed by atoms with van der Waals surface area (Å²) in [4.78, 5) is 18.7. The van der Waals surface area contributed by atoms with Crippen molar-refractivity contribution in [1.82, 2.24) is 14.9 Å². The lowest BCUT2D eigenvalue weighted by Gasteiger charge is -2.28. The van der Waals surface area contributed by atoms with Crippen LogP contribution in [0.5, 0.6) is 5.75 Å². The molecule has 4 aromatic rings. The number of phenols is 1. The fourth-order valence-electron chi connectivity index (χ4n) is 4.97. The Hall–Kier alpha value is -4.17. The van der Waals surface area contributed by atoms with Crippen LogP contribution in [0.3, 0.4) is 0 Å². The van der Waals surface area contributed by atoms with Gasteiger partial charge >= 0.3 is 5.97 Å². The molecule has 36 heavy (non-hydrogen) atoms. The molecule has 1 aliphatic heterocycles. The van der Waals surface area contributed by atoms with Crippen LogP contribution in [0.1, 0.15) is 45.1 Å². The number of ether oxygens (including phenoxy) is 1. The van der Waals surface area contributed by atoms with Gasteiger partial charge < -0.3 is 24.6 Å². The summed E-state index contributed by atoms with van der Waals surface area (Å²) in [6.45, 7) is 4.08. The molecule has 0 aliphatic carbocycles. The molecule has 2 aromatic carbocycles. The minimum atomic E-state index is -0.383. The summed E-state index contributed by atoms with van der Waals surface area (Å²) in [7, 11) is 1.38. The van der Waals surface area contributed by atoms with Crippen molar-refractivity contribution in [2.45, 2.75) is 25.9 Å². The van der Waals surface area contributed by atoms with E-state index in [1.165, 1.54) is 7.11 Å². The van der Waals surface area contributed by atoms with E-state index in [9.17, 15) is 9.90 Å². The van der Waals surface area contributed by atoms with Crippen LogP contribution in [0.4, 0.5) is 5.69 Å². The van der Waals surface area contributed by atoms with E-state index in [1.54, 1.807) is 24.4 Å². The number of aromatic hydroxyl groups is 1. The van der Waals surface area contributed by atoms with Gasteiger partial charge in [-0.25, -0.2) is 4.79 Å². The number of nitrogens with one attached hydrogen (secondary N) is 1. The Labute approximate surface area is 215 Å². The van der Waals surface area contributed by atoms with Crippen molar-refractivity contribution in [3.63, 3.8) is 0 Å². The smallest absolute Gasteiger partial charge is 0.337 e. The van der Waals surface area contributed by atoms with Gasteiger partial charge in [0.1, 0.15) is 5.75 Å². The highest BCUT2D eigenvalue weighted by Gasteiger charge is 2.43. The predicted molar refractivity (Wildman–Crippen MR) is 143 cm³/mol. The summed E-state index contributed by atoms with van der Waals surface area (Å²) < 4.78 is 7.03. The summed E-state index contributed by atoms with van der Waals surface area (Å²) in [5.74, 6) is -0.237. The molecule has 7 nitrogen and oxygen atoms in total. The number of pyridine rings is 1. The van der Waals surface area contributed by atoms with E-state index in [0.717, 1.165) is 28.3 Å². The fourth-order valence-corrected chi connectivity index (χ4v) is 5.31. The lowest BCUT2D eigenvalue weighted by molar-refractivity contribution is 0.0600. The molecule has 0 unspecified atom stereocenters. The maximum Gasteiger partial charge on any atom is 0.337 e. The van der Waals surface area contributed by atoms with E-state index in [4.69, 9.17) is 17.0 Å². The average molecular weight is 499 g/mol. The second kappa shape index (κ2) is 9.47. The number of aryl methyl sites for hydroxylation is 1. The number of hydrogen-bond acceptors (Lipinski definition) is 5. The number of anilines is 1. The number of hydrogen-bond donors (Lipinski definition) is 2. The summed E-state index contributed by atoms with van der Waals surface area (Å²) >= 11 is 5.79. The lowest BCUT2D eigenvalue weighted by atomic mass is 9.96. The topological polar surface area (TPSA) is 79.6 Å². The van der Waals surface area contributed by atoms with Crippen molar-refractivity contribution in [2.75, 3.05) is 12.0 Å². The maximum absolute atomic E-state index is 12.2. The molecule has 0 bridgehead atoms. The Morgan fingerprint density at radius 1 is 1.06 bits per heavy atom. The highest BCUT2D eigenvalue weighted by molar-refractivity contribution is 7.80. The van der Waals surface area contributed by atoms with Crippen LogP contribution < -0.4 is 10.2 Å². The molecule has 5 rings (SSSR count). The highest BCUT2D eigenvalue weighted by Crippen LogP contribution is 2.45. The van der Waals surface area contributed by atoms with Crippen molar-refractivity contribution in [3.8, 4) is 11.4 Å². The number of esters is 1. The lowest BCUT2D eigenvalue weighted by Crippen LogP contribution is -2.29. The van der Waals surface area contributed by atoms with Crippen molar-refractivity contribution in [1.29, 1.82) is 0 Å². The number of aromatic nitrogens is 2. The maximum atomic E-state index is 12.2. The third-order valence-electron chi connectivity index (χ3n) is 6.55. The van der Waals surface area contributed by atoms with Crippen molar-refractivity contribution in [3.05, 3.63) is 107 Å². The Bertz CT molecular complexity index is 1450.